The lowest BCUT2D eigenvalue weighted by Gasteiger charge is -2.27. The van der Waals surface area contributed by atoms with Crippen LogP contribution in [0, 0.1) is 13.8 Å². The van der Waals surface area contributed by atoms with Gasteiger partial charge in [0.15, 0.2) is 10.7 Å². The van der Waals surface area contributed by atoms with Crippen LogP contribution in [0.2, 0.25) is 0 Å². The van der Waals surface area contributed by atoms with Crippen molar-refractivity contribution in [3.8, 4) is 0 Å². The van der Waals surface area contributed by atoms with Gasteiger partial charge in [0, 0.05) is 18.8 Å². The number of hydrogen-bond donors (Lipinski definition) is 1. The number of nitrogens with zero attached hydrogens (tertiary/aromatic N) is 4. The van der Waals surface area contributed by atoms with Crippen LogP contribution in [0.3, 0.4) is 0 Å². The van der Waals surface area contributed by atoms with Crippen molar-refractivity contribution in [3.63, 3.8) is 0 Å². The number of aliphatic hydroxyl groups is 1. The molecule has 182 valence electrons. The number of amides is 1. The van der Waals surface area contributed by atoms with Gasteiger partial charge in [0.2, 0.25) is 5.78 Å². The summed E-state index contributed by atoms with van der Waals surface area (Å²) in [6.45, 7) is 10.5. The number of fused-ring (bicyclic) bond motifs is 3. The van der Waals surface area contributed by atoms with Crippen LogP contribution in [0.4, 0.5) is 0 Å². The largest absolute Gasteiger partial charge is 0.503 e. The number of rotatable bonds is 8. The van der Waals surface area contributed by atoms with E-state index in [4.69, 9.17) is 4.42 Å². The quantitative estimate of drug-likeness (QED) is 0.359. The second-order valence-electron chi connectivity index (χ2n) is 8.70. The number of thiazole rings is 1. The Balaban J connectivity index is 1.58. The van der Waals surface area contributed by atoms with Crippen LogP contribution in [0.15, 0.2) is 52.1 Å². The number of aryl methyl sites for hydroxylation is 2. The van der Waals surface area contributed by atoms with Gasteiger partial charge in [0.25, 0.3) is 5.91 Å². The number of imidazole rings is 1. The zero-order chi connectivity index (χ0) is 24.9. The average molecular weight is 493 g/mol. The number of ketones is 1. The molecule has 0 radical (unpaired) electrons. The van der Waals surface area contributed by atoms with Crippen molar-refractivity contribution in [2.45, 2.75) is 33.7 Å². The molecule has 0 saturated carbocycles. The first-order valence-corrected chi connectivity index (χ1v) is 12.6. The van der Waals surface area contributed by atoms with Gasteiger partial charge < -0.3 is 19.3 Å². The van der Waals surface area contributed by atoms with Gasteiger partial charge in [0.05, 0.1) is 21.5 Å². The maximum Gasteiger partial charge on any atom is 0.290 e. The lowest BCUT2D eigenvalue weighted by Crippen LogP contribution is -2.38. The third-order valence-electron chi connectivity index (χ3n) is 6.72. The van der Waals surface area contributed by atoms with Crippen molar-refractivity contribution in [1.82, 2.24) is 19.2 Å². The lowest BCUT2D eigenvalue weighted by molar-refractivity contribution is -0.129. The van der Waals surface area contributed by atoms with Gasteiger partial charge in [-0.05, 0) is 51.2 Å². The number of carbonyl (C=O) groups excluding carboxylic acids is 2. The Bertz CT molecular complexity index is 1470. The molecular weight excluding hydrogens is 464 g/mol. The average Bonchev–Trinajstić information content (AvgIpc) is 3.58. The fourth-order valence-corrected chi connectivity index (χ4v) is 5.89. The highest BCUT2D eigenvalue weighted by Gasteiger charge is 2.46. The van der Waals surface area contributed by atoms with Gasteiger partial charge in [-0.25, -0.2) is 4.98 Å². The first-order valence-electron chi connectivity index (χ1n) is 11.8. The Labute approximate surface area is 207 Å². The zero-order valence-corrected chi connectivity index (χ0v) is 21.1. The van der Waals surface area contributed by atoms with Crippen LogP contribution in [0.1, 0.15) is 46.8 Å². The van der Waals surface area contributed by atoms with Gasteiger partial charge in [-0.2, -0.15) is 0 Å². The van der Waals surface area contributed by atoms with Gasteiger partial charge in [-0.3, -0.25) is 14.0 Å². The highest BCUT2D eigenvalue weighted by Crippen LogP contribution is 2.41. The molecule has 1 aliphatic rings. The zero-order valence-electron chi connectivity index (χ0n) is 20.2. The molecule has 0 spiro atoms. The topological polar surface area (TPSA) is 91.3 Å². The summed E-state index contributed by atoms with van der Waals surface area (Å²) in [6, 6.07) is 10.5. The van der Waals surface area contributed by atoms with E-state index in [2.05, 4.69) is 23.7 Å². The number of furan rings is 1. The standard InChI is InChI=1S/C26H28N4O4S/c1-5-28(6-2)13-14-29-21(19-12-11-15(3)34-19)20(23(32)25(29)33)22(31)24-16(4)30-18-10-8-7-9-17(18)27-26(30)35-24/h7-12,21,32H,5-6,13-14H2,1-4H3/t21-/m0/s1. The van der Waals surface area contributed by atoms with Gasteiger partial charge in [0.1, 0.15) is 17.6 Å². The smallest absolute Gasteiger partial charge is 0.290 e. The molecule has 3 aromatic heterocycles. The summed E-state index contributed by atoms with van der Waals surface area (Å²) in [5.74, 6) is -0.302. The molecule has 9 heteroatoms. The molecular formula is C26H28N4O4S. The molecule has 0 aliphatic carbocycles. The fraction of sp³-hybridized carbons (Fsp3) is 0.346. The van der Waals surface area contributed by atoms with Crippen LogP contribution in [0.5, 0.6) is 0 Å². The molecule has 1 aromatic carbocycles. The van der Waals surface area contributed by atoms with Crippen LogP contribution in [-0.2, 0) is 4.79 Å². The maximum atomic E-state index is 13.9. The molecule has 1 N–H and O–H groups in total. The number of para-hydroxylation sites is 2. The van der Waals surface area contributed by atoms with Gasteiger partial charge in [-0.15, -0.1) is 0 Å². The van der Waals surface area contributed by atoms with E-state index in [-0.39, 0.29) is 11.4 Å². The second-order valence-corrected chi connectivity index (χ2v) is 9.68. The van der Waals surface area contributed by atoms with Crippen molar-refractivity contribution in [2.75, 3.05) is 26.2 Å². The van der Waals surface area contributed by atoms with Gasteiger partial charge in [-0.1, -0.05) is 37.3 Å². The molecule has 0 bridgehead atoms. The third-order valence-corrected chi connectivity index (χ3v) is 7.87. The summed E-state index contributed by atoms with van der Waals surface area (Å²) < 4.78 is 7.83. The summed E-state index contributed by atoms with van der Waals surface area (Å²) in [5, 5.41) is 11.0. The highest BCUT2D eigenvalue weighted by molar-refractivity contribution is 7.19. The van der Waals surface area contributed by atoms with E-state index in [1.165, 1.54) is 11.3 Å². The van der Waals surface area contributed by atoms with E-state index in [1.54, 1.807) is 17.0 Å². The molecule has 0 saturated heterocycles. The third kappa shape index (κ3) is 3.75. The minimum atomic E-state index is -0.787. The van der Waals surface area contributed by atoms with E-state index in [0.717, 1.165) is 29.8 Å². The minimum absolute atomic E-state index is 0.0563. The first-order chi connectivity index (χ1) is 16.8. The molecule has 0 unspecified atom stereocenters. The SMILES string of the molecule is CCN(CC)CCN1C(=O)C(O)=C(C(=O)c2sc3nc4ccccc4n3c2C)[C@@H]1c1ccc(C)o1. The Morgan fingerprint density at radius 1 is 1.17 bits per heavy atom. The lowest BCUT2D eigenvalue weighted by atomic mass is 9.99. The van der Waals surface area contributed by atoms with E-state index in [9.17, 15) is 14.7 Å². The summed E-state index contributed by atoms with van der Waals surface area (Å²) in [7, 11) is 0. The predicted molar refractivity (Wildman–Crippen MR) is 135 cm³/mol. The van der Waals surface area contributed by atoms with Crippen LogP contribution >= 0.6 is 11.3 Å². The fourth-order valence-electron chi connectivity index (χ4n) is 4.80. The van der Waals surface area contributed by atoms with Crippen molar-refractivity contribution < 1.29 is 19.1 Å². The van der Waals surface area contributed by atoms with Gasteiger partial charge >= 0.3 is 0 Å². The number of hydrogen-bond acceptors (Lipinski definition) is 7. The molecule has 35 heavy (non-hydrogen) atoms. The number of likely N-dealkylation sites (N-methyl/N-ethyl adjacent to an activating group) is 1. The number of Topliss-reactive ketones (excluding diaryl/α,β-unsaturated/α-hetero) is 1. The van der Waals surface area contributed by atoms with E-state index in [0.29, 0.717) is 34.4 Å². The molecule has 4 aromatic rings. The summed E-state index contributed by atoms with van der Waals surface area (Å²) in [4.78, 5) is 36.7. The number of aromatic nitrogens is 2. The van der Waals surface area contributed by atoms with Crippen molar-refractivity contribution in [2.24, 2.45) is 0 Å². The van der Waals surface area contributed by atoms with Crippen molar-refractivity contribution >= 4 is 39.0 Å². The Morgan fingerprint density at radius 3 is 2.60 bits per heavy atom. The van der Waals surface area contributed by atoms with E-state index >= 15 is 0 Å². The Morgan fingerprint density at radius 2 is 1.91 bits per heavy atom. The summed E-state index contributed by atoms with van der Waals surface area (Å²) >= 11 is 1.27. The van der Waals surface area contributed by atoms with E-state index in [1.807, 2.05) is 42.5 Å². The van der Waals surface area contributed by atoms with Crippen molar-refractivity contribution in [1.29, 1.82) is 0 Å². The minimum Gasteiger partial charge on any atom is -0.503 e. The Hall–Kier alpha value is -3.43. The normalized spacial score (nSPS) is 16.5. The molecule has 1 aliphatic heterocycles. The summed E-state index contributed by atoms with van der Waals surface area (Å²) in [6.07, 6.45) is 0. The van der Waals surface area contributed by atoms with Crippen LogP contribution in [0.25, 0.3) is 16.0 Å². The summed E-state index contributed by atoms with van der Waals surface area (Å²) in [5.41, 5.74) is 2.55. The highest BCUT2D eigenvalue weighted by atomic mass is 32.1. The molecule has 1 atom stereocenters. The number of carbonyl (C=O) groups is 2. The number of aliphatic hydroxyl groups excluding tert-OH is 1. The molecule has 1 amide bonds. The number of benzene rings is 1. The van der Waals surface area contributed by atoms with Crippen molar-refractivity contribution in [3.05, 3.63) is 69.8 Å². The van der Waals surface area contributed by atoms with Crippen LogP contribution < -0.4 is 0 Å². The monoisotopic (exact) mass is 492 g/mol. The molecule has 5 rings (SSSR count). The Kier molecular flexibility index (Phi) is 5.98. The maximum absolute atomic E-state index is 13.9. The van der Waals surface area contributed by atoms with E-state index < -0.39 is 17.7 Å². The second kappa shape index (κ2) is 8.98. The first kappa shape index (κ1) is 23.3. The molecule has 4 heterocycles. The molecule has 8 nitrogen and oxygen atoms in total. The van der Waals surface area contributed by atoms with Crippen LogP contribution in [-0.4, -0.2) is 62.2 Å². The molecule has 0 fully saturated rings. The predicted octanol–water partition coefficient (Wildman–Crippen LogP) is 4.68.